The molecule has 0 aliphatic carbocycles. The Morgan fingerprint density at radius 1 is 1.46 bits per heavy atom. The molecule has 0 amide bonds. The highest BCUT2D eigenvalue weighted by molar-refractivity contribution is 5.16. The standard InChI is InChI=1S/C8H12N2O.C2H6/c1-6-4-9-7-10(6)8(2,3)5-11-7;1-2/h4H,5H2,1-3H3;1-2H3. The largest absolute Gasteiger partial charge is 0.462 e. The van der Waals surface area contributed by atoms with Crippen LogP contribution >= 0.6 is 0 Å². The molecule has 0 radical (unpaired) electrons. The zero-order valence-corrected chi connectivity index (χ0v) is 9.09. The minimum Gasteiger partial charge on any atom is -0.462 e. The van der Waals surface area contributed by atoms with E-state index in [-0.39, 0.29) is 5.54 Å². The number of fused-ring (bicyclic) bond motifs is 1. The van der Waals surface area contributed by atoms with Crippen molar-refractivity contribution in [2.24, 2.45) is 0 Å². The molecule has 1 aromatic heterocycles. The summed E-state index contributed by atoms with van der Waals surface area (Å²) in [5.41, 5.74) is 1.25. The fourth-order valence-electron chi connectivity index (χ4n) is 1.56. The maximum absolute atomic E-state index is 5.39. The molecule has 3 heteroatoms. The third-order valence-corrected chi connectivity index (χ3v) is 2.07. The normalized spacial score (nSPS) is 17.0. The van der Waals surface area contributed by atoms with Gasteiger partial charge in [-0.15, -0.1) is 0 Å². The minimum atomic E-state index is 0.0793. The Morgan fingerprint density at radius 3 is 2.62 bits per heavy atom. The van der Waals surface area contributed by atoms with Crippen LogP contribution in [0.5, 0.6) is 6.01 Å². The topological polar surface area (TPSA) is 27.1 Å². The fraction of sp³-hybridized carbons (Fsp3) is 0.700. The lowest BCUT2D eigenvalue weighted by Crippen LogP contribution is -2.26. The molecule has 2 heterocycles. The van der Waals surface area contributed by atoms with Gasteiger partial charge < -0.3 is 4.74 Å². The van der Waals surface area contributed by atoms with E-state index in [4.69, 9.17) is 4.74 Å². The summed E-state index contributed by atoms with van der Waals surface area (Å²) in [5, 5.41) is 0. The van der Waals surface area contributed by atoms with Gasteiger partial charge in [0.1, 0.15) is 6.61 Å². The Balaban J connectivity index is 0.000000396. The van der Waals surface area contributed by atoms with Crippen molar-refractivity contribution in [2.45, 2.75) is 40.2 Å². The quantitative estimate of drug-likeness (QED) is 0.615. The molecule has 2 rings (SSSR count). The summed E-state index contributed by atoms with van der Waals surface area (Å²) in [5.74, 6) is 0. The van der Waals surface area contributed by atoms with Gasteiger partial charge in [0.25, 0.3) is 6.01 Å². The minimum absolute atomic E-state index is 0.0793. The van der Waals surface area contributed by atoms with Crippen LogP contribution in [0, 0.1) is 6.92 Å². The van der Waals surface area contributed by atoms with Gasteiger partial charge in [-0.05, 0) is 20.8 Å². The first kappa shape index (κ1) is 10.1. The van der Waals surface area contributed by atoms with Gasteiger partial charge in [0.05, 0.1) is 11.7 Å². The van der Waals surface area contributed by atoms with Crippen LogP contribution < -0.4 is 4.74 Å². The van der Waals surface area contributed by atoms with Gasteiger partial charge in [0.2, 0.25) is 0 Å². The molecular weight excluding hydrogens is 164 g/mol. The predicted molar refractivity (Wildman–Crippen MR) is 53.1 cm³/mol. The Bertz CT molecular complexity index is 289. The Morgan fingerprint density at radius 2 is 2.08 bits per heavy atom. The van der Waals surface area contributed by atoms with Gasteiger partial charge in [-0.2, -0.15) is 0 Å². The maximum Gasteiger partial charge on any atom is 0.297 e. The van der Waals surface area contributed by atoms with Crippen molar-refractivity contribution >= 4 is 0 Å². The summed E-state index contributed by atoms with van der Waals surface area (Å²) >= 11 is 0. The highest BCUT2D eigenvalue weighted by Gasteiger charge is 2.32. The van der Waals surface area contributed by atoms with E-state index < -0.39 is 0 Å². The zero-order chi connectivity index (χ0) is 10.1. The SMILES string of the molecule is CC.Cc1cnc2n1C(C)(C)CO2. The Kier molecular flexibility index (Phi) is 2.64. The molecule has 3 nitrogen and oxygen atoms in total. The van der Waals surface area contributed by atoms with Gasteiger partial charge in [-0.1, -0.05) is 13.8 Å². The van der Waals surface area contributed by atoms with Gasteiger partial charge in [0.15, 0.2) is 0 Å². The summed E-state index contributed by atoms with van der Waals surface area (Å²) in [6, 6.07) is 0.757. The van der Waals surface area contributed by atoms with E-state index in [1.54, 1.807) is 0 Å². The van der Waals surface area contributed by atoms with Crippen LogP contribution in [0.3, 0.4) is 0 Å². The maximum atomic E-state index is 5.39. The molecule has 0 aromatic carbocycles. The van der Waals surface area contributed by atoms with Crippen LogP contribution in [-0.4, -0.2) is 16.2 Å². The molecule has 1 aromatic rings. The van der Waals surface area contributed by atoms with Crippen LogP contribution in [0.15, 0.2) is 6.20 Å². The summed E-state index contributed by atoms with van der Waals surface area (Å²) in [7, 11) is 0. The number of imidazole rings is 1. The molecule has 74 valence electrons. The Labute approximate surface area is 79.7 Å². The van der Waals surface area contributed by atoms with E-state index in [1.807, 2.05) is 27.0 Å². The number of aromatic nitrogens is 2. The van der Waals surface area contributed by atoms with E-state index in [0.29, 0.717) is 0 Å². The van der Waals surface area contributed by atoms with Gasteiger partial charge >= 0.3 is 0 Å². The van der Waals surface area contributed by atoms with Gasteiger partial charge in [0, 0.05) is 5.69 Å². The molecule has 0 atom stereocenters. The van der Waals surface area contributed by atoms with Crippen LogP contribution in [0.25, 0.3) is 0 Å². The molecule has 0 unspecified atom stereocenters. The van der Waals surface area contributed by atoms with Crippen LogP contribution in [0.4, 0.5) is 0 Å². The van der Waals surface area contributed by atoms with E-state index in [1.165, 1.54) is 5.69 Å². The second-order valence-electron chi connectivity index (χ2n) is 3.62. The average molecular weight is 182 g/mol. The molecule has 0 N–H and O–H groups in total. The molecule has 0 bridgehead atoms. The number of aryl methyl sites for hydroxylation is 1. The van der Waals surface area contributed by atoms with E-state index in [0.717, 1.165) is 12.6 Å². The molecule has 0 saturated carbocycles. The number of hydrogen-bond donors (Lipinski definition) is 0. The fourth-order valence-corrected chi connectivity index (χ4v) is 1.56. The smallest absolute Gasteiger partial charge is 0.297 e. The zero-order valence-electron chi connectivity index (χ0n) is 9.09. The van der Waals surface area contributed by atoms with Crippen LogP contribution in [-0.2, 0) is 5.54 Å². The summed E-state index contributed by atoms with van der Waals surface area (Å²) < 4.78 is 7.52. The molecule has 0 spiro atoms. The summed E-state index contributed by atoms with van der Waals surface area (Å²) in [6.07, 6.45) is 1.84. The van der Waals surface area contributed by atoms with Crippen LogP contribution in [0.1, 0.15) is 33.4 Å². The van der Waals surface area contributed by atoms with Gasteiger partial charge in [-0.3, -0.25) is 4.57 Å². The number of hydrogen-bond acceptors (Lipinski definition) is 2. The lowest BCUT2D eigenvalue weighted by atomic mass is 10.1. The van der Waals surface area contributed by atoms with Crippen molar-refractivity contribution in [1.29, 1.82) is 0 Å². The highest BCUT2D eigenvalue weighted by Crippen LogP contribution is 2.30. The third kappa shape index (κ3) is 1.55. The third-order valence-electron chi connectivity index (χ3n) is 2.07. The molecule has 1 aliphatic rings. The number of nitrogens with zero attached hydrogens (tertiary/aromatic N) is 2. The van der Waals surface area contributed by atoms with Crippen molar-refractivity contribution in [3.63, 3.8) is 0 Å². The van der Waals surface area contributed by atoms with E-state index in [2.05, 4.69) is 23.4 Å². The second kappa shape index (κ2) is 3.40. The first-order chi connectivity index (χ1) is 6.11. The van der Waals surface area contributed by atoms with Crippen molar-refractivity contribution < 1.29 is 4.74 Å². The van der Waals surface area contributed by atoms with Crippen molar-refractivity contribution in [3.8, 4) is 6.01 Å². The van der Waals surface area contributed by atoms with Crippen LogP contribution in [0.2, 0.25) is 0 Å². The highest BCUT2D eigenvalue weighted by atomic mass is 16.5. The first-order valence-electron chi connectivity index (χ1n) is 4.79. The van der Waals surface area contributed by atoms with Crippen molar-refractivity contribution in [2.75, 3.05) is 6.61 Å². The average Bonchev–Trinajstić information content (AvgIpc) is 2.60. The second-order valence-corrected chi connectivity index (χ2v) is 3.62. The molecule has 13 heavy (non-hydrogen) atoms. The Hall–Kier alpha value is -0.990. The monoisotopic (exact) mass is 182 g/mol. The number of rotatable bonds is 0. The molecule has 0 fully saturated rings. The summed E-state index contributed by atoms with van der Waals surface area (Å²) in [6.45, 7) is 11.1. The molecular formula is C10H18N2O. The summed E-state index contributed by atoms with van der Waals surface area (Å²) in [4.78, 5) is 4.13. The number of ether oxygens (including phenoxy) is 1. The van der Waals surface area contributed by atoms with E-state index in [9.17, 15) is 0 Å². The molecule has 0 saturated heterocycles. The van der Waals surface area contributed by atoms with E-state index >= 15 is 0 Å². The first-order valence-corrected chi connectivity index (χ1v) is 4.79. The predicted octanol–water partition coefficient (Wildman–Crippen LogP) is 2.35. The lowest BCUT2D eigenvalue weighted by Gasteiger charge is -2.18. The van der Waals surface area contributed by atoms with Gasteiger partial charge in [-0.25, -0.2) is 4.98 Å². The van der Waals surface area contributed by atoms with Crippen molar-refractivity contribution in [1.82, 2.24) is 9.55 Å². The molecule has 1 aliphatic heterocycles. The lowest BCUT2D eigenvalue weighted by molar-refractivity contribution is 0.265. The van der Waals surface area contributed by atoms with Crippen molar-refractivity contribution in [3.05, 3.63) is 11.9 Å².